The van der Waals surface area contributed by atoms with Crippen molar-refractivity contribution in [1.29, 1.82) is 0 Å². The van der Waals surface area contributed by atoms with Gasteiger partial charge in [0.1, 0.15) is 0 Å². The summed E-state index contributed by atoms with van der Waals surface area (Å²) in [5.41, 5.74) is -0.330. The van der Waals surface area contributed by atoms with Gasteiger partial charge in [0.05, 0.1) is 11.5 Å². The standard InChI is InChI=1S/C20H28F3N3O2/c1-12(2)24-19(28)26-10-16(17(11-26)18(27)25(5)13(3)4)14-7-6-8-15(9-14)20(21,22)23/h6-9,12-13,16-17H,10-11H2,1-5H3,(H,24,28)/t16-,17-/m1/s1. The van der Waals surface area contributed by atoms with Crippen LogP contribution in [0.2, 0.25) is 0 Å². The molecule has 1 heterocycles. The van der Waals surface area contributed by atoms with Gasteiger partial charge in [-0.15, -0.1) is 0 Å². The maximum atomic E-state index is 13.1. The summed E-state index contributed by atoms with van der Waals surface area (Å²) in [4.78, 5) is 28.5. The minimum atomic E-state index is -4.46. The number of rotatable bonds is 4. The van der Waals surface area contributed by atoms with Gasteiger partial charge < -0.3 is 15.1 Å². The first-order valence-electron chi connectivity index (χ1n) is 9.41. The number of hydrogen-bond acceptors (Lipinski definition) is 2. The smallest absolute Gasteiger partial charge is 0.343 e. The third-order valence-electron chi connectivity index (χ3n) is 5.10. The molecule has 1 N–H and O–H groups in total. The Morgan fingerprint density at radius 3 is 2.36 bits per heavy atom. The van der Waals surface area contributed by atoms with Crippen molar-refractivity contribution in [3.05, 3.63) is 35.4 Å². The van der Waals surface area contributed by atoms with Crippen molar-refractivity contribution in [3.8, 4) is 0 Å². The van der Waals surface area contributed by atoms with Crippen LogP contribution in [0.25, 0.3) is 0 Å². The van der Waals surface area contributed by atoms with Gasteiger partial charge in [-0.1, -0.05) is 18.2 Å². The van der Waals surface area contributed by atoms with E-state index in [0.29, 0.717) is 5.56 Å². The Bertz CT molecular complexity index is 719. The first-order chi connectivity index (χ1) is 12.9. The van der Waals surface area contributed by atoms with Crippen molar-refractivity contribution in [1.82, 2.24) is 15.1 Å². The third-order valence-corrected chi connectivity index (χ3v) is 5.10. The van der Waals surface area contributed by atoms with E-state index in [1.807, 2.05) is 27.7 Å². The Balaban J connectivity index is 2.37. The number of carbonyl (C=O) groups excluding carboxylic acids is 2. The molecule has 1 aromatic rings. The number of halogens is 3. The molecule has 1 aliphatic rings. The molecule has 8 heteroatoms. The highest BCUT2D eigenvalue weighted by atomic mass is 19.4. The molecule has 2 rings (SSSR count). The monoisotopic (exact) mass is 399 g/mol. The Labute approximate surface area is 163 Å². The molecule has 5 nitrogen and oxygen atoms in total. The van der Waals surface area contributed by atoms with Crippen LogP contribution in [-0.2, 0) is 11.0 Å². The lowest BCUT2D eigenvalue weighted by atomic mass is 9.87. The van der Waals surface area contributed by atoms with Crippen molar-refractivity contribution < 1.29 is 22.8 Å². The van der Waals surface area contributed by atoms with E-state index >= 15 is 0 Å². The Kier molecular flexibility index (Phi) is 6.62. The molecule has 1 aliphatic heterocycles. The maximum absolute atomic E-state index is 13.1. The predicted octanol–water partition coefficient (Wildman–Crippen LogP) is 3.71. The summed E-state index contributed by atoms with van der Waals surface area (Å²) < 4.78 is 39.4. The number of nitrogens with zero attached hydrogens (tertiary/aromatic N) is 2. The number of amides is 3. The molecule has 0 spiro atoms. The van der Waals surface area contributed by atoms with Gasteiger partial charge in [-0.2, -0.15) is 13.2 Å². The third kappa shape index (κ3) is 4.97. The molecule has 1 saturated heterocycles. The van der Waals surface area contributed by atoms with E-state index in [1.165, 1.54) is 11.0 Å². The number of likely N-dealkylation sites (tertiary alicyclic amines) is 1. The van der Waals surface area contributed by atoms with Crippen molar-refractivity contribution in [2.24, 2.45) is 5.92 Å². The molecular weight excluding hydrogens is 371 g/mol. The number of alkyl halides is 3. The molecule has 2 atom stereocenters. The summed E-state index contributed by atoms with van der Waals surface area (Å²) in [6, 6.07) is 4.61. The van der Waals surface area contributed by atoms with E-state index in [2.05, 4.69) is 5.32 Å². The molecule has 3 amide bonds. The van der Waals surface area contributed by atoms with Gasteiger partial charge in [-0.25, -0.2) is 4.79 Å². The summed E-state index contributed by atoms with van der Waals surface area (Å²) in [5, 5.41) is 2.79. The molecule has 0 bridgehead atoms. The van der Waals surface area contributed by atoms with Crippen LogP contribution in [0.15, 0.2) is 24.3 Å². The van der Waals surface area contributed by atoms with E-state index in [4.69, 9.17) is 0 Å². The van der Waals surface area contributed by atoms with Crippen LogP contribution in [0.4, 0.5) is 18.0 Å². The molecule has 0 radical (unpaired) electrons. The van der Waals surface area contributed by atoms with Gasteiger partial charge >= 0.3 is 12.2 Å². The molecule has 1 aromatic carbocycles. The van der Waals surface area contributed by atoms with Crippen molar-refractivity contribution in [2.45, 2.75) is 51.9 Å². The number of urea groups is 1. The number of hydrogen-bond donors (Lipinski definition) is 1. The van der Waals surface area contributed by atoms with Gasteiger partial charge in [-0.05, 0) is 39.3 Å². The van der Waals surface area contributed by atoms with E-state index in [9.17, 15) is 22.8 Å². The fourth-order valence-electron chi connectivity index (χ4n) is 3.36. The van der Waals surface area contributed by atoms with Crippen LogP contribution in [0.3, 0.4) is 0 Å². The van der Waals surface area contributed by atoms with Crippen LogP contribution in [0, 0.1) is 5.92 Å². The summed E-state index contributed by atoms with van der Waals surface area (Å²) in [5.74, 6) is -1.25. The van der Waals surface area contributed by atoms with Crippen LogP contribution >= 0.6 is 0 Å². The lowest BCUT2D eigenvalue weighted by molar-refractivity contribution is -0.137. The SMILES string of the molecule is CC(C)NC(=O)N1C[C@H](c2cccc(C(F)(F)F)c2)[C@H](C(=O)N(C)C(C)C)C1. The Morgan fingerprint density at radius 1 is 1.18 bits per heavy atom. The molecule has 0 aromatic heterocycles. The van der Waals surface area contributed by atoms with Crippen molar-refractivity contribution in [2.75, 3.05) is 20.1 Å². The first-order valence-corrected chi connectivity index (χ1v) is 9.41. The summed E-state index contributed by atoms with van der Waals surface area (Å²) >= 11 is 0. The van der Waals surface area contributed by atoms with Gasteiger partial charge in [-0.3, -0.25) is 4.79 Å². The summed E-state index contributed by atoms with van der Waals surface area (Å²) in [7, 11) is 1.67. The maximum Gasteiger partial charge on any atom is 0.416 e. The first kappa shape index (κ1) is 22.0. The van der Waals surface area contributed by atoms with E-state index < -0.39 is 23.6 Å². The van der Waals surface area contributed by atoms with Crippen LogP contribution < -0.4 is 5.32 Å². The Morgan fingerprint density at radius 2 is 1.82 bits per heavy atom. The Hall–Kier alpha value is -2.25. The number of benzene rings is 1. The fourth-order valence-corrected chi connectivity index (χ4v) is 3.36. The summed E-state index contributed by atoms with van der Waals surface area (Å²) in [6.45, 7) is 7.77. The minimum Gasteiger partial charge on any atom is -0.343 e. The zero-order chi connectivity index (χ0) is 21.2. The normalized spacial score (nSPS) is 20.0. The number of carbonyl (C=O) groups is 2. The largest absolute Gasteiger partial charge is 0.416 e. The topological polar surface area (TPSA) is 52.7 Å². The second-order valence-corrected chi connectivity index (χ2v) is 7.89. The second-order valence-electron chi connectivity index (χ2n) is 7.89. The average molecular weight is 399 g/mol. The van der Waals surface area contributed by atoms with Crippen LogP contribution in [0.1, 0.15) is 44.7 Å². The molecule has 1 fully saturated rings. The minimum absolute atomic E-state index is 0.0480. The van der Waals surface area contributed by atoms with Crippen LogP contribution in [-0.4, -0.2) is 54.0 Å². The second kappa shape index (κ2) is 8.41. The quantitative estimate of drug-likeness (QED) is 0.839. The molecular formula is C20H28F3N3O2. The lowest BCUT2D eigenvalue weighted by Gasteiger charge is -2.27. The van der Waals surface area contributed by atoms with Crippen LogP contribution in [0.5, 0.6) is 0 Å². The van der Waals surface area contributed by atoms with Crippen molar-refractivity contribution in [3.63, 3.8) is 0 Å². The highest BCUT2D eigenvalue weighted by Gasteiger charge is 2.42. The predicted molar refractivity (Wildman–Crippen MR) is 101 cm³/mol. The summed E-state index contributed by atoms with van der Waals surface area (Å²) in [6.07, 6.45) is -4.46. The van der Waals surface area contributed by atoms with Gasteiger partial charge in [0.15, 0.2) is 0 Å². The van der Waals surface area contributed by atoms with Gasteiger partial charge in [0.2, 0.25) is 5.91 Å². The highest BCUT2D eigenvalue weighted by Crippen LogP contribution is 2.37. The molecule has 156 valence electrons. The number of nitrogens with one attached hydrogen (secondary N) is 1. The molecule has 0 saturated carbocycles. The van der Waals surface area contributed by atoms with E-state index in [1.54, 1.807) is 18.0 Å². The van der Waals surface area contributed by atoms with E-state index in [0.717, 1.165) is 12.1 Å². The van der Waals surface area contributed by atoms with Gasteiger partial charge in [0.25, 0.3) is 0 Å². The zero-order valence-electron chi connectivity index (χ0n) is 16.9. The van der Waals surface area contributed by atoms with Crippen molar-refractivity contribution >= 4 is 11.9 Å². The molecule has 0 unspecified atom stereocenters. The zero-order valence-corrected chi connectivity index (χ0v) is 16.9. The average Bonchev–Trinajstić information content (AvgIpc) is 3.04. The van der Waals surface area contributed by atoms with E-state index in [-0.39, 0.29) is 37.1 Å². The van der Waals surface area contributed by atoms with Gasteiger partial charge in [0, 0.05) is 38.1 Å². The lowest BCUT2D eigenvalue weighted by Crippen LogP contribution is -2.43. The molecule has 0 aliphatic carbocycles. The highest BCUT2D eigenvalue weighted by molar-refractivity contribution is 5.83. The fraction of sp³-hybridized carbons (Fsp3) is 0.600. The molecule has 28 heavy (non-hydrogen) atoms.